The molecule has 2 aliphatic rings. The van der Waals surface area contributed by atoms with Gasteiger partial charge in [-0.25, -0.2) is 17.8 Å². The third kappa shape index (κ3) is 4.27. The van der Waals surface area contributed by atoms with Crippen molar-refractivity contribution >= 4 is 15.9 Å². The second-order valence-corrected chi connectivity index (χ2v) is 10.1. The molecule has 0 radical (unpaired) electrons. The van der Waals surface area contributed by atoms with Crippen LogP contribution in [0, 0.1) is 5.82 Å². The molecule has 2 aromatic rings. The minimum absolute atomic E-state index is 0.00469. The van der Waals surface area contributed by atoms with Gasteiger partial charge in [0.25, 0.3) is 11.5 Å². The van der Waals surface area contributed by atoms with E-state index in [0.29, 0.717) is 36.5 Å². The lowest BCUT2D eigenvalue weighted by molar-refractivity contribution is 0.0598. The van der Waals surface area contributed by atoms with Crippen LogP contribution in [0.15, 0.2) is 29.1 Å². The van der Waals surface area contributed by atoms with Crippen LogP contribution < -0.4 is 5.56 Å². The molecule has 1 saturated heterocycles. The predicted octanol–water partition coefficient (Wildman–Crippen LogP) is 1.98. The number of hydrogen-bond donors (Lipinski definition) is 1. The summed E-state index contributed by atoms with van der Waals surface area (Å²) in [5.41, 5.74) is 0.809. The lowest BCUT2D eigenvalue weighted by Crippen LogP contribution is -2.43. The number of amides is 1. The van der Waals surface area contributed by atoms with Crippen molar-refractivity contribution in [2.24, 2.45) is 0 Å². The standard InChI is InChI=1S/C21H25FN4O4S/c1-2-31(29,30)25-11-9-17-16(13-25)20(27)24-19(23-17)18-8-3-4-10-26(18)21(28)14-6-5-7-15(22)12-14/h5-7,12,18H,2-4,8-11,13H2,1H3,(H,23,24,27). The van der Waals surface area contributed by atoms with E-state index in [1.54, 1.807) is 17.9 Å². The molecule has 3 heterocycles. The second-order valence-electron chi connectivity index (χ2n) is 7.88. The topological polar surface area (TPSA) is 103 Å². The van der Waals surface area contributed by atoms with E-state index in [1.807, 2.05) is 0 Å². The quantitative estimate of drug-likeness (QED) is 0.770. The number of fused-ring (bicyclic) bond motifs is 1. The lowest BCUT2D eigenvalue weighted by Gasteiger charge is -2.35. The number of hydrogen-bond acceptors (Lipinski definition) is 5. The number of benzene rings is 1. The molecule has 0 spiro atoms. The van der Waals surface area contributed by atoms with E-state index in [-0.39, 0.29) is 35.9 Å². The van der Waals surface area contributed by atoms with Crippen LogP contribution in [-0.2, 0) is 23.0 Å². The minimum Gasteiger partial charge on any atom is -0.328 e. The van der Waals surface area contributed by atoms with E-state index in [1.165, 1.54) is 22.5 Å². The highest BCUT2D eigenvalue weighted by Gasteiger charge is 2.33. The highest BCUT2D eigenvalue weighted by molar-refractivity contribution is 7.89. The predicted molar refractivity (Wildman–Crippen MR) is 112 cm³/mol. The molecule has 0 aliphatic carbocycles. The van der Waals surface area contributed by atoms with Crippen molar-refractivity contribution in [2.45, 2.75) is 45.2 Å². The molecule has 2 aliphatic heterocycles. The number of nitrogens with zero attached hydrogens (tertiary/aromatic N) is 3. The van der Waals surface area contributed by atoms with E-state index in [0.717, 1.165) is 12.8 Å². The number of aromatic nitrogens is 2. The molecule has 1 unspecified atom stereocenters. The van der Waals surface area contributed by atoms with Crippen LogP contribution >= 0.6 is 0 Å². The number of H-pyrrole nitrogens is 1. The first-order valence-electron chi connectivity index (χ1n) is 10.5. The Labute approximate surface area is 180 Å². The Hall–Kier alpha value is -2.59. The summed E-state index contributed by atoms with van der Waals surface area (Å²) in [6, 6.07) is 5.15. The Kier molecular flexibility index (Phi) is 5.94. The monoisotopic (exact) mass is 448 g/mol. The number of sulfonamides is 1. The first-order valence-corrected chi connectivity index (χ1v) is 12.1. The minimum atomic E-state index is -3.40. The third-order valence-corrected chi connectivity index (χ3v) is 7.79. The highest BCUT2D eigenvalue weighted by Crippen LogP contribution is 2.31. The normalized spacial score (nSPS) is 19.8. The highest BCUT2D eigenvalue weighted by atomic mass is 32.2. The fraction of sp³-hybridized carbons (Fsp3) is 0.476. The Morgan fingerprint density at radius 3 is 2.84 bits per heavy atom. The van der Waals surface area contributed by atoms with Gasteiger partial charge in [0.15, 0.2) is 0 Å². The van der Waals surface area contributed by atoms with Gasteiger partial charge < -0.3 is 9.88 Å². The summed E-state index contributed by atoms with van der Waals surface area (Å²) in [7, 11) is -3.40. The maximum Gasteiger partial charge on any atom is 0.255 e. The van der Waals surface area contributed by atoms with Gasteiger partial charge in [-0.3, -0.25) is 9.59 Å². The Morgan fingerprint density at radius 1 is 1.29 bits per heavy atom. The number of piperidine rings is 1. The van der Waals surface area contributed by atoms with Crippen LogP contribution in [-0.4, -0.2) is 52.3 Å². The summed E-state index contributed by atoms with van der Waals surface area (Å²) < 4.78 is 39.3. The zero-order valence-electron chi connectivity index (χ0n) is 17.3. The molecule has 1 atom stereocenters. The summed E-state index contributed by atoms with van der Waals surface area (Å²) >= 11 is 0. The zero-order valence-corrected chi connectivity index (χ0v) is 18.1. The van der Waals surface area contributed by atoms with Gasteiger partial charge in [-0.15, -0.1) is 0 Å². The number of likely N-dealkylation sites (tertiary alicyclic amines) is 1. The summed E-state index contributed by atoms with van der Waals surface area (Å²) in [6.45, 7) is 2.34. The Morgan fingerprint density at radius 2 is 2.10 bits per heavy atom. The van der Waals surface area contributed by atoms with Crippen molar-refractivity contribution in [1.29, 1.82) is 0 Å². The summed E-state index contributed by atoms with van der Waals surface area (Å²) in [4.78, 5) is 34.9. The van der Waals surface area contributed by atoms with Gasteiger partial charge >= 0.3 is 0 Å². The molecule has 10 heteroatoms. The maximum atomic E-state index is 13.6. The largest absolute Gasteiger partial charge is 0.328 e. The van der Waals surface area contributed by atoms with Gasteiger partial charge in [-0.2, -0.15) is 4.31 Å². The summed E-state index contributed by atoms with van der Waals surface area (Å²) in [5, 5.41) is 0. The Bertz CT molecular complexity index is 1160. The van der Waals surface area contributed by atoms with Gasteiger partial charge in [0.1, 0.15) is 11.6 Å². The second kappa shape index (κ2) is 8.51. The van der Waals surface area contributed by atoms with Crippen molar-refractivity contribution in [3.8, 4) is 0 Å². The van der Waals surface area contributed by atoms with Crippen molar-refractivity contribution in [3.05, 3.63) is 63.1 Å². The fourth-order valence-corrected chi connectivity index (χ4v) is 5.30. The maximum absolute atomic E-state index is 13.6. The summed E-state index contributed by atoms with van der Waals surface area (Å²) in [6.07, 6.45) is 2.67. The first-order chi connectivity index (χ1) is 14.8. The van der Waals surface area contributed by atoms with E-state index in [2.05, 4.69) is 9.97 Å². The van der Waals surface area contributed by atoms with Gasteiger partial charge in [0.05, 0.1) is 23.1 Å². The van der Waals surface area contributed by atoms with Crippen LogP contribution in [0.4, 0.5) is 4.39 Å². The van der Waals surface area contributed by atoms with Crippen LogP contribution in [0.5, 0.6) is 0 Å². The van der Waals surface area contributed by atoms with Crippen LogP contribution in [0.1, 0.15) is 59.7 Å². The number of carbonyl (C=O) groups excluding carboxylic acids is 1. The molecule has 8 nitrogen and oxygen atoms in total. The van der Waals surface area contributed by atoms with Gasteiger partial charge in [-0.1, -0.05) is 6.07 Å². The number of carbonyl (C=O) groups is 1. The number of nitrogens with one attached hydrogen (secondary N) is 1. The molecule has 166 valence electrons. The first kappa shape index (κ1) is 21.6. The van der Waals surface area contributed by atoms with Crippen molar-refractivity contribution < 1.29 is 17.6 Å². The SMILES string of the molecule is CCS(=O)(=O)N1CCc2nc(C3CCCCN3C(=O)c3cccc(F)c3)[nH]c(=O)c2C1. The van der Waals surface area contributed by atoms with Gasteiger partial charge in [0, 0.05) is 31.6 Å². The van der Waals surface area contributed by atoms with E-state index >= 15 is 0 Å². The van der Waals surface area contributed by atoms with Crippen molar-refractivity contribution in [1.82, 2.24) is 19.2 Å². The molecule has 1 aromatic heterocycles. The smallest absolute Gasteiger partial charge is 0.255 e. The average molecular weight is 449 g/mol. The molecule has 1 aromatic carbocycles. The van der Waals surface area contributed by atoms with E-state index < -0.39 is 21.9 Å². The lowest BCUT2D eigenvalue weighted by atomic mass is 9.99. The van der Waals surface area contributed by atoms with E-state index in [4.69, 9.17) is 0 Å². The van der Waals surface area contributed by atoms with E-state index in [9.17, 15) is 22.4 Å². The van der Waals surface area contributed by atoms with Crippen LogP contribution in [0.25, 0.3) is 0 Å². The van der Waals surface area contributed by atoms with Crippen molar-refractivity contribution in [2.75, 3.05) is 18.8 Å². The molecule has 1 N–H and O–H groups in total. The molecular weight excluding hydrogens is 423 g/mol. The molecule has 31 heavy (non-hydrogen) atoms. The van der Waals surface area contributed by atoms with Gasteiger partial charge in [0.2, 0.25) is 10.0 Å². The average Bonchev–Trinajstić information content (AvgIpc) is 2.78. The number of aromatic amines is 1. The molecule has 0 bridgehead atoms. The molecular formula is C21H25FN4O4S. The molecule has 4 rings (SSSR count). The zero-order chi connectivity index (χ0) is 22.2. The molecule has 1 fully saturated rings. The molecule has 1 amide bonds. The van der Waals surface area contributed by atoms with Crippen LogP contribution in [0.3, 0.4) is 0 Å². The van der Waals surface area contributed by atoms with Crippen molar-refractivity contribution in [3.63, 3.8) is 0 Å². The third-order valence-electron chi connectivity index (χ3n) is 5.96. The number of rotatable bonds is 4. The fourth-order valence-electron chi connectivity index (χ4n) is 4.24. The van der Waals surface area contributed by atoms with Gasteiger partial charge in [-0.05, 0) is 44.4 Å². The number of halogens is 1. The van der Waals surface area contributed by atoms with Crippen LogP contribution in [0.2, 0.25) is 0 Å². The molecule has 0 saturated carbocycles. The Balaban J connectivity index is 1.65. The summed E-state index contributed by atoms with van der Waals surface area (Å²) in [5.74, 6) is -0.401.